The predicted molar refractivity (Wildman–Crippen MR) is 133 cm³/mol. The quantitative estimate of drug-likeness (QED) is 0.219. The van der Waals surface area contributed by atoms with Crippen LogP contribution in [0.4, 0.5) is 16.3 Å². The lowest BCUT2D eigenvalue weighted by Gasteiger charge is -2.13. The van der Waals surface area contributed by atoms with Gasteiger partial charge in [-0.25, -0.2) is 14.8 Å². The average Bonchev–Trinajstić information content (AvgIpc) is 2.84. The molecule has 1 amide bonds. The highest BCUT2D eigenvalue weighted by atomic mass is 16.5. The van der Waals surface area contributed by atoms with Crippen molar-refractivity contribution in [3.63, 3.8) is 0 Å². The van der Waals surface area contributed by atoms with Crippen molar-refractivity contribution in [3.8, 4) is 11.5 Å². The lowest BCUT2D eigenvalue weighted by Crippen LogP contribution is -2.22. The number of nitrogens with one attached hydrogen (secondary N) is 2. The molecular weight excluding hydrogens is 446 g/mol. The van der Waals surface area contributed by atoms with Gasteiger partial charge < -0.3 is 20.5 Å². The Kier molecular flexibility index (Phi) is 7.15. The molecule has 0 fully saturated rings. The number of aromatic nitrogens is 3. The Balaban J connectivity index is 1.50. The molecule has 4 aromatic rings. The van der Waals surface area contributed by atoms with Gasteiger partial charge in [-0.15, -0.1) is 0 Å². The highest BCUT2D eigenvalue weighted by Crippen LogP contribution is 2.30. The topological polar surface area (TPSA) is 126 Å². The molecule has 2 heterocycles. The van der Waals surface area contributed by atoms with Crippen LogP contribution in [0.1, 0.15) is 34.5 Å². The van der Waals surface area contributed by atoms with Gasteiger partial charge in [0.15, 0.2) is 5.78 Å². The number of rotatable bonds is 9. The number of nitrogens with zero attached hydrogens (tertiary/aromatic N) is 3. The minimum absolute atomic E-state index is 0.0724. The number of pyridine rings is 1. The molecule has 0 spiro atoms. The monoisotopic (exact) mass is 471 g/mol. The van der Waals surface area contributed by atoms with Crippen LogP contribution in [0, 0.1) is 13.8 Å². The largest absolute Gasteiger partial charge is 0.465 e. The van der Waals surface area contributed by atoms with Gasteiger partial charge in [-0.05, 0) is 74.4 Å². The molecule has 9 nitrogen and oxygen atoms in total. The number of aryl methyl sites for hydroxylation is 2. The Morgan fingerprint density at radius 3 is 2.60 bits per heavy atom. The number of amides is 1. The van der Waals surface area contributed by atoms with E-state index in [4.69, 9.17) is 9.84 Å². The van der Waals surface area contributed by atoms with Crippen LogP contribution in [-0.2, 0) is 0 Å². The summed E-state index contributed by atoms with van der Waals surface area (Å²) in [5, 5.41) is 14.9. The summed E-state index contributed by atoms with van der Waals surface area (Å²) in [5.41, 5.74) is 3.89. The van der Waals surface area contributed by atoms with E-state index < -0.39 is 6.09 Å². The number of ether oxygens (including phenoxy) is 1. The molecule has 0 radical (unpaired) electrons. The molecule has 0 aliphatic carbocycles. The Morgan fingerprint density at radius 2 is 1.86 bits per heavy atom. The van der Waals surface area contributed by atoms with Crippen molar-refractivity contribution < 1.29 is 19.4 Å². The second kappa shape index (κ2) is 10.6. The van der Waals surface area contributed by atoms with Gasteiger partial charge in [0.25, 0.3) is 0 Å². The predicted octanol–water partition coefficient (Wildman–Crippen LogP) is 5.41. The average molecular weight is 472 g/mol. The van der Waals surface area contributed by atoms with Crippen molar-refractivity contribution in [1.29, 1.82) is 0 Å². The van der Waals surface area contributed by atoms with Gasteiger partial charge in [-0.3, -0.25) is 9.78 Å². The van der Waals surface area contributed by atoms with Gasteiger partial charge in [-0.2, -0.15) is 0 Å². The van der Waals surface area contributed by atoms with Crippen molar-refractivity contribution in [2.45, 2.75) is 26.7 Å². The molecule has 2 aromatic heterocycles. The lowest BCUT2D eigenvalue weighted by atomic mass is 10.0. The number of fused-ring (bicyclic) bond motifs is 1. The summed E-state index contributed by atoms with van der Waals surface area (Å²) in [6, 6.07) is 14.8. The normalized spacial score (nSPS) is 10.7. The second-order valence-electron chi connectivity index (χ2n) is 8.06. The van der Waals surface area contributed by atoms with Crippen molar-refractivity contribution in [2.75, 3.05) is 11.9 Å². The zero-order valence-electron chi connectivity index (χ0n) is 19.4. The molecule has 178 valence electrons. The summed E-state index contributed by atoms with van der Waals surface area (Å²) >= 11 is 0. The van der Waals surface area contributed by atoms with E-state index in [0.717, 1.165) is 22.7 Å². The maximum absolute atomic E-state index is 12.6. The molecule has 0 aliphatic rings. The number of benzene rings is 2. The van der Waals surface area contributed by atoms with Gasteiger partial charge >= 0.3 is 6.09 Å². The number of hydrogen-bond acceptors (Lipinski definition) is 7. The van der Waals surface area contributed by atoms with Gasteiger partial charge in [0.1, 0.15) is 23.6 Å². The van der Waals surface area contributed by atoms with Crippen LogP contribution in [0.3, 0.4) is 0 Å². The molecule has 4 rings (SSSR count). The fourth-order valence-electron chi connectivity index (χ4n) is 3.54. The molecule has 0 bridgehead atoms. The third-order valence-electron chi connectivity index (χ3n) is 5.36. The summed E-state index contributed by atoms with van der Waals surface area (Å²) in [6.45, 7) is 4.10. The number of Topliss-reactive ketones (excluding diaryl/α,β-unsaturated/α-hetero) is 1. The van der Waals surface area contributed by atoms with Crippen LogP contribution in [0.25, 0.3) is 10.9 Å². The summed E-state index contributed by atoms with van der Waals surface area (Å²) in [7, 11) is 0. The third-order valence-corrected chi connectivity index (χ3v) is 5.36. The van der Waals surface area contributed by atoms with Crippen molar-refractivity contribution >= 4 is 34.3 Å². The number of carboxylic acid groups (broad SMARTS) is 1. The van der Waals surface area contributed by atoms with Crippen molar-refractivity contribution in [2.24, 2.45) is 0 Å². The molecular formula is C26H25N5O4. The number of hydrogen-bond donors (Lipinski definition) is 3. The Hall–Kier alpha value is -4.53. The molecule has 0 aliphatic heterocycles. The van der Waals surface area contributed by atoms with Crippen molar-refractivity contribution in [3.05, 3.63) is 77.9 Å². The molecule has 0 saturated heterocycles. The number of anilines is 2. The standard InChI is InChI=1S/C26H25N5O4/c1-16-12-19(7-10-24(16)35-20-8-5-17(2)28-14-20)31-25-21-13-18(6-9-22(21)29-15-30-25)23(32)4-3-11-27-26(33)34/h5-10,12-15,27H,3-4,11H2,1-2H3,(H,33,34)(H,29,30,31). The van der Waals surface area contributed by atoms with Crippen molar-refractivity contribution in [1.82, 2.24) is 20.3 Å². The van der Waals surface area contributed by atoms with Crippen LogP contribution in [0.15, 0.2) is 61.1 Å². The maximum Gasteiger partial charge on any atom is 0.404 e. The van der Waals surface area contributed by atoms with Gasteiger partial charge in [0.05, 0.1) is 11.7 Å². The van der Waals surface area contributed by atoms with Crippen LogP contribution in [0.5, 0.6) is 11.5 Å². The van der Waals surface area contributed by atoms with E-state index in [1.807, 2.05) is 44.2 Å². The first-order valence-electron chi connectivity index (χ1n) is 11.1. The zero-order chi connectivity index (χ0) is 24.8. The third kappa shape index (κ3) is 6.08. The fourth-order valence-corrected chi connectivity index (χ4v) is 3.54. The summed E-state index contributed by atoms with van der Waals surface area (Å²) in [5.74, 6) is 1.89. The van der Waals surface area contributed by atoms with Gasteiger partial charge in [-0.1, -0.05) is 0 Å². The smallest absolute Gasteiger partial charge is 0.404 e. The Bertz CT molecular complexity index is 1370. The highest BCUT2D eigenvalue weighted by Gasteiger charge is 2.11. The highest BCUT2D eigenvalue weighted by molar-refractivity contribution is 6.01. The molecule has 3 N–H and O–H groups in total. The molecule has 2 aromatic carbocycles. The summed E-state index contributed by atoms with van der Waals surface area (Å²) in [6.07, 6.45) is 2.72. The Labute approximate surface area is 202 Å². The lowest BCUT2D eigenvalue weighted by molar-refractivity contribution is 0.0979. The number of ketones is 1. The van der Waals surface area contributed by atoms with Crippen LogP contribution in [-0.4, -0.2) is 38.5 Å². The van der Waals surface area contributed by atoms with Gasteiger partial charge in [0.2, 0.25) is 0 Å². The van der Waals surface area contributed by atoms with E-state index in [1.54, 1.807) is 24.4 Å². The maximum atomic E-state index is 12.6. The van der Waals surface area contributed by atoms with Crippen LogP contribution >= 0.6 is 0 Å². The summed E-state index contributed by atoms with van der Waals surface area (Å²) in [4.78, 5) is 36.1. The van der Waals surface area contributed by atoms with E-state index in [1.165, 1.54) is 6.33 Å². The fraction of sp³-hybridized carbons (Fsp3) is 0.192. The minimum Gasteiger partial charge on any atom is -0.465 e. The molecule has 35 heavy (non-hydrogen) atoms. The first-order valence-corrected chi connectivity index (χ1v) is 11.1. The van der Waals surface area contributed by atoms with E-state index in [2.05, 4.69) is 25.6 Å². The summed E-state index contributed by atoms with van der Waals surface area (Å²) < 4.78 is 5.94. The zero-order valence-corrected chi connectivity index (χ0v) is 19.4. The number of carbonyl (C=O) groups excluding carboxylic acids is 1. The minimum atomic E-state index is -1.10. The number of carbonyl (C=O) groups is 2. The molecule has 0 atom stereocenters. The Morgan fingerprint density at radius 1 is 1.00 bits per heavy atom. The molecule has 0 saturated carbocycles. The first-order chi connectivity index (χ1) is 16.9. The molecule has 0 unspecified atom stereocenters. The first kappa shape index (κ1) is 23.6. The van der Waals surface area contributed by atoms with Crippen LogP contribution in [0.2, 0.25) is 0 Å². The SMILES string of the molecule is Cc1ccc(Oc2ccc(Nc3ncnc4ccc(C(=O)CCCNC(=O)O)cc34)cc2C)cn1. The molecule has 9 heteroatoms. The second-order valence-corrected chi connectivity index (χ2v) is 8.06. The van der Waals surface area contributed by atoms with E-state index >= 15 is 0 Å². The van der Waals surface area contributed by atoms with E-state index in [0.29, 0.717) is 34.5 Å². The van der Waals surface area contributed by atoms with Gasteiger partial charge in [0, 0.05) is 35.3 Å². The van der Waals surface area contributed by atoms with E-state index in [-0.39, 0.29) is 18.7 Å². The van der Waals surface area contributed by atoms with Crippen LogP contribution < -0.4 is 15.4 Å². The van der Waals surface area contributed by atoms with E-state index in [9.17, 15) is 9.59 Å².